The van der Waals surface area contributed by atoms with E-state index in [9.17, 15) is 4.79 Å². The van der Waals surface area contributed by atoms with Crippen LogP contribution in [0.5, 0.6) is 0 Å². The second kappa shape index (κ2) is 10.1. The number of nitrogen functional groups attached to an aromatic ring is 1. The molecule has 2 aliphatic rings. The van der Waals surface area contributed by atoms with E-state index >= 15 is 0 Å². The number of nitrogens with two attached hydrogens (primary N) is 1. The van der Waals surface area contributed by atoms with E-state index in [1.807, 2.05) is 60.1 Å². The molecule has 10 nitrogen and oxygen atoms in total. The van der Waals surface area contributed by atoms with Gasteiger partial charge in [-0.25, -0.2) is 19.4 Å². The topological polar surface area (TPSA) is 123 Å². The van der Waals surface area contributed by atoms with Crippen LogP contribution in [0.1, 0.15) is 47.3 Å². The summed E-state index contributed by atoms with van der Waals surface area (Å²) in [6, 6.07) is 15.3. The molecule has 2 aromatic heterocycles. The average Bonchev–Trinajstić information content (AvgIpc) is 3.70. The molecule has 0 saturated carbocycles. The maximum atomic E-state index is 13.1. The number of anilines is 2. The van der Waals surface area contributed by atoms with Gasteiger partial charge in [0.1, 0.15) is 17.8 Å². The molecule has 0 bridgehead atoms. The van der Waals surface area contributed by atoms with Crippen LogP contribution in [0.3, 0.4) is 0 Å². The number of nitrogens with one attached hydrogen (secondary N) is 2. The van der Waals surface area contributed by atoms with Gasteiger partial charge < -0.3 is 16.4 Å². The lowest BCUT2D eigenvalue weighted by molar-refractivity contribution is -0.0829. The van der Waals surface area contributed by atoms with Gasteiger partial charge in [0.15, 0.2) is 5.65 Å². The van der Waals surface area contributed by atoms with Gasteiger partial charge >= 0.3 is 6.03 Å². The molecular formula is C28H28N8O2. The molecule has 0 radical (unpaired) electrons. The van der Waals surface area contributed by atoms with Gasteiger partial charge in [0.2, 0.25) is 0 Å². The van der Waals surface area contributed by atoms with Gasteiger partial charge in [-0.2, -0.15) is 10.2 Å². The molecule has 10 heteroatoms. The molecular weight excluding hydrogens is 480 g/mol. The fourth-order valence-corrected chi connectivity index (χ4v) is 4.97. The van der Waals surface area contributed by atoms with Gasteiger partial charge in [0.05, 0.1) is 24.1 Å². The fraction of sp³-hybridized carbons (Fsp3) is 0.286. The number of nitrogens with zero attached hydrogens (tertiary/aromatic N) is 5. The van der Waals surface area contributed by atoms with E-state index in [0.29, 0.717) is 34.8 Å². The number of rotatable bonds is 3. The Morgan fingerprint density at radius 1 is 1.16 bits per heavy atom. The Balaban J connectivity index is 1.27. The van der Waals surface area contributed by atoms with E-state index in [1.54, 1.807) is 0 Å². The van der Waals surface area contributed by atoms with Crippen molar-refractivity contribution in [2.24, 2.45) is 0 Å². The van der Waals surface area contributed by atoms with Crippen LogP contribution < -0.4 is 16.4 Å². The minimum absolute atomic E-state index is 0.132. The molecule has 4 heterocycles. The van der Waals surface area contributed by atoms with Crippen LogP contribution in [0.25, 0.3) is 11.0 Å². The predicted molar refractivity (Wildman–Crippen MR) is 144 cm³/mol. The minimum Gasteiger partial charge on any atom is -0.383 e. The van der Waals surface area contributed by atoms with Gasteiger partial charge in [-0.05, 0) is 49.1 Å². The number of carbonyl (C=O) groups excluding carboxylic acids is 1. The molecule has 192 valence electrons. The lowest BCUT2D eigenvalue weighted by Gasteiger charge is -2.23. The number of amides is 2. The smallest absolute Gasteiger partial charge is 0.346 e. The number of aryl methyl sites for hydroxylation is 1. The van der Waals surface area contributed by atoms with E-state index in [0.717, 1.165) is 42.6 Å². The van der Waals surface area contributed by atoms with Crippen LogP contribution in [-0.2, 0) is 4.84 Å². The van der Waals surface area contributed by atoms with Crippen molar-refractivity contribution in [2.45, 2.75) is 31.8 Å². The zero-order valence-corrected chi connectivity index (χ0v) is 21.0. The molecule has 0 aliphatic carbocycles. The maximum Gasteiger partial charge on any atom is 0.346 e. The summed E-state index contributed by atoms with van der Waals surface area (Å²) in [6.07, 6.45) is 3.16. The molecule has 0 unspecified atom stereocenters. The Morgan fingerprint density at radius 3 is 2.84 bits per heavy atom. The molecule has 2 aromatic carbocycles. The molecule has 2 aliphatic heterocycles. The van der Waals surface area contributed by atoms with Crippen molar-refractivity contribution >= 4 is 28.6 Å². The summed E-state index contributed by atoms with van der Waals surface area (Å²) in [5.74, 6) is 6.76. The third kappa shape index (κ3) is 4.53. The summed E-state index contributed by atoms with van der Waals surface area (Å²) in [5, 5.41) is 13.2. The summed E-state index contributed by atoms with van der Waals surface area (Å²) >= 11 is 0. The predicted octanol–water partition coefficient (Wildman–Crippen LogP) is 3.56. The van der Waals surface area contributed by atoms with Gasteiger partial charge in [0, 0.05) is 24.2 Å². The number of benzene rings is 2. The highest BCUT2D eigenvalue weighted by molar-refractivity contribution is 5.91. The van der Waals surface area contributed by atoms with E-state index < -0.39 is 0 Å². The van der Waals surface area contributed by atoms with Crippen LogP contribution in [0, 0.1) is 18.8 Å². The summed E-state index contributed by atoms with van der Waals surface area (Å²) in [4.78, 5) is 27.4. The highest BCUT2D eigenvalue weighted by atomic mass is 16.7. The van der Waals surface area contributed by atoms with Gasteiger partial charge in [-0.1, -0.05) is 42.3 Å². The molecule has 2 fully saturated rings. The van der Waals surface area contributed by atoms with Crippen molar-refractivity contribution in [3.05, 3.63) is 77.2 Å². The Morgan fingerprint density at radius 2 is 2.03 bits per heavy atom. The summed E-state index contributed by atoms with van der Waals surface area (Å²) in [5.41, 5.74) is 10.8. The first kappa shape index (κ1) is 23.9. The fourth-order valence-electron chi connectivity index (χ4n) is 4.97. The van der Waals surface area contributed by atoms with Crippen LogP contribution in [-0.4, -0.2) is 50.5 Å². The Hall–Kier alpha value is -4.46. The largest absolute Gasteiger partial charge is 0.383 e. The lowest BCUT2D eigenvalue weighted by atomic mass is 10.1. The van der Waals surface area contributed by atoms with Gasteiger partial charge in [0.25, 0.3) is 0 Å². The zero-order valence-electron chi connectivity index (χ0n) is 21.0. The Bertz CT molecular complexity index is 1550. The molecule has 2 saturated heterocycles. The highest BCUT2D eigenvalue weighted by Gasteiger charge is 2.31. The van der Waals surface area contributed by atoms with Crippen LogP contribution >= 0.6 is 0 Å². The van der Waals surface area contributed by atoms with Crippen molar-refractivity contribution in [2.75, 3.05) is 30.7 Å². The molecule has 2 atom stereocenters. The number of hydrogen-bond acceptors (Lipinski definition) is 7. The van der Waals surface area contributed by atoms with Crippen LogP contribution in [0.2, 0.25) is 0 Å². The number of fused-ring (bicyclic) bond motifs is 1. The van der Waals surface area contributed by atoms with Crippen molar-refractivity contribution in [1.82, 2.24) is 30.1 Å². The van der Waals surface area contributed by atoms with E-state index in [2.05, 4.69) is 32.4 Å². The molecule has 4 N–H and O–H groups in total. The van der Waals surface area contributed by atoms with Crippen molar-refractivity contribution < 1.29 is 9.63 Å². The second-order valence-electron chi connectivity index (χ2n) is 9.48. The Kier molecular flexibility index (Phi) is 6.37. The van der Waals surface area contributed by atoms with Gasteiger partial charge in [-0.3, -0.25) is 4.84 Å². The first-order valence-electron chi connectivity index (χ1n) is 12.7. The SMILES string of the molecule is Cc1ccc(NC(=O)N2OCC[C@@H]2c2ccccc2)cc1C#Cc1nn([C@@H]2CCNC2)c2ncnc(N)c12. The maximum absolute atomic E-state index is 13.1. The molecule has 2 amide bonds. The van der Waals surface area contributed by atoms with E-state index in [1.165, 1.54) is 11.4 Å². The summed E-state index contributed by atoms with van der Waals surface area (Å²) in [6.45, 7) is 4.21. The van der Waals surface area contributed by atoms with Gasteiger partial charge in [-0.15, -0.1) is 0 Å². The molecule has 4 aromatic rings. The number of aromatic nitrogens is 4. The number of hydroxylamine groups is 2. The second-order valence-corrected chi connectivity index (χ2v) is 9.48. The monoisotopic (exact) mass is 508 g/mol. The van der Waals surface area contributed by atoms with E-state index in [4.69, 9.17) is 15.7 Å². The molecule has 0 spiro atoms. The Labute approximate surface area is 220 Å². The standard InChI is InChI=1S/C28H28N8O2/c1-18-7-9-21(33-28(37)36-24(12-14-38-36)19-5-3-2-4-6-19)15-20(18)8-10-23-25-26(29)31-17-32-27(25)35(34-23)22-11-13-30-16-22/h2-7,9,15,17,22,24,30H,11-14,16H2,1H3,(H,33,37)(H2,29,31,32)/t22-,24-/m1/s1. The minimum atomic E-state index is -0.320. The lowest BCUT2D eigenvalue weighted by Crippen LogP contribution is -2.33. The van der Waals surface area contributed by atoms with Crippen molar-refractivity contribution in [3.63, 3.8) is 0 Å². The highest BCUT2D eigenvalue weighted by Crippen LogP contribution is 2.31. The summed E-state index contributed by atoms with van der Waals surface area (Å²) in [7, 11) is 0. The number of hydrogen-bond donors (Lipinski definition) is 3. The van der Waals surface area contributed by atoms with Crippen LogP contribution in [0.4, 0.5) is 16.3 Å². The molecule has 6 rings (SSSR count). The average molecular weight is 509 g/mol. The van der Waals surface area contributed by atoms with Crippen molar-refractivity contribution in [3.8, 4) is 11.8 Å². The zero-order chi connectivity index (χ0) is 26.1. The first-order valence-corrected chi connectivity index (χ1v) is 12.7. The quantitative estimate of drug-likeness (QED) is 0.362. The first-order chi connectivity index (χ1) is 18.6. The number of carbonyl (C=O) groups is 1. The number of urea groups is 1. The van der Waals surface area contributed by atoms with Crippen molar-refractivity contribution in [1.29, 1.82) is 0 Å². The van der Waals surface area contributed by atoms with E-state index in [-0.39, 0.29) is 18.1 Å². The third-order valence-electron chi connectivity index (χ3n) is 6.99. The summed E-state index contributed by atoms with van der Waals surface area (Å²) < 4.78 is 1.90. The normalized spacial score (nSPS) is 18.9. The molecule has 38 heavy (non-hydrogen) atoms. The third-order valence-corrected chi connectivity index (χ3v) is 6.99. The van der Waals surface area contributed by atoms with Crippen LogP contribution in [0.15, 0.2) is 54.9 Å².